The molecule has 1 unspecified atom stereocenters. The maximum absolute atomic E-state index is 14.6. The molecule has 3 heterocycles. The molecular weight excluding hydrogens is 500 g/mol. The Morgan fingerprint density at radius 1 is 1.08 bits per heavy atom. The average Bonchev–Trinajstić information content (AvgIpc) is 3.29. The van der Waals surface area contributed by atoms with E-state index in [9.17, 15) is 17.6 Å². The molecule has 1 aromatic carbocycles. The van der Waals surface area contributed by atoms with Gasteiger partial charge in [-0.3, -0.25) is 9.97 Å². The minimum Gasteiger partial charge on any atom is -0.453 e. The fraction of sp³-hybridized carbons (Fsp3) is 0.250. The van der Waals surface area contributed by atoms with Gasteiger partial charge in [0.05, 0.1) is 27.4 Å². The quantitative estimate of drug-likeness (QED) is 0.148. The first-order valence-corrected chi connectivity index (χ1v) is 11.6. The van der Waals surface area contributed by atoms with Crippen LogP contribution in [0.25, 0.3) is 20.8 Å². The standard InChI is InChI=1S/C24H22F4N4O3S/c1-34-9-8-29-12-14-2-4-17(31-13-14)21-11-18-22(36-21)20(6-7-30-18)35-19-5-3-15(10-16(19)25)32-23(33)24(26,27)28/h2-7,10-11,13,23,29,32-33H,8-9,12H2,1H3. The summed E-state index contributed by atoms with van der Waals surface area (Å²) in [6.07, 6.45) is -4.40. The van der Waals surface area contributed by atoms with Crippen LogP contribution in [-0.4, -0.2) is 47.7 Å². The van der Waals surface area contributed by atoms with Crippen molar-refractivity contribution in [1.29, 1.82) is 0 Å². The van der Waals surface area contributed by atoms with Gasteiger partial charge in [0.2, 0.25) is 6.23 Å². The van der Waals surface area contributed by atoms with Crippen molar-refractivity contribution in [3.8, 4) is 22.1 Å². The number of ether oxygens (including phenoxy) is 2. The van der Waals surface area contributed by atoms with Gasteiger partial charge < -0.3 is 25.2 Å². The lowest BCUT2D eigenvalue weighted by atomic mass is 10.2. The predicted octanol–water partition coefficient (Wildman–Crippen LogP) is 5.32. The van der Waals surface area contributed by atoms with E-state index in [-0.39, 0.29) is 11.4 Å². The molecular formula is C24H22F4N4O3S. The van der Waals surface area contributed by atoms with Gasteiger partial charge >= 0.3 is 6.18 Å². The third-order valence-corrected chi connectivity index (χ3v) is 6.19. The molecule has 12 heteroatoms. The van der Waals surface area contributed by atoms with E-state index < -0.39 is 18.2 Å². The van der Waals surface area contributed by atoms with Gasteiger partial charge in [0.25, 0.3) is 0 Å². The van der Waals surface area contributed by atoms with Gasteiger partial charge in [-0.15, -0.1) is 11.3 Å². The Morgan fingerprint density at radius 3 is 2.61 bits per heavy atom. The van der Waals surface area contributed by atoms with Crippen LogP contribution < -0.4 is 15.4 Å². The van der Waals surface area contributed by atoms with E-state index in [2.05, 4.69) is 15.3 Å². The average molecular weight is 523 g/mol. The Bertz CT molecular complexity index is 1320. The Balaban J connectivity index is 1.50. The van der Waals surface area contributed by atoms with E-state index in [0.29, 0.717) is 29.1 Å². The molecule has 4 aromatic rings. The van der Waals surface area contributed by atoms with Crippen LogP contribution in [0.3, 0.4) is 0 Å². The topological polar surface area (TPSA) is 88.5 Å². The molecule has 0 saturated carbocycles. The molecule has 0 radical (unpaired) electrons. The Hall–Kier alpha value is -3.32. The number of anilines is 1. The van der Waals surface area contributed by atoms with Gasteiger partial charge in [0, 0.05) is 50.4 Å². The zero-order valence-corrected chi connectivity index (χ0v) is 19.8. The summed E-state index contributed by atoms with van der Waals surface area (Å²) in [6.45, 7) is 2.02. The van der Waals surface area contributed by atoms with Crippen LogP contribution in [0.1, 0.15) is 5.56 Å². The zero-order valence-electron chi connectivity index (χ0n) is 19.0. The molecule has 0 aliphatic carbocycles. The molecule has 3 N–H and O–H groups in total. The number of alkyl halides is 3. The SMILES string of the molecule is COCCNCc1ccc(-c2cc3nccc(Oc4ccc(NC(O)C(F)(F)F)cc4F)c3s2)nc1. The number of thiophene rings is 1. The summed E-state index contributed by atoms with van der Waals surface area (Å²) in [5, 5.41) is 14.2. The Labute approximate surface area is 207 Å². The number of aliphatic hydroxyl groups is 1. The normalized spacial score (nSPS) is 12.6. The fourth-order valence-corrected chi connectivity index (χ4v) is 4.28. The Morgan fingerprint density at radius 2 is 1.92 bits per heavy atom. The molecule has 0 fully saturated rings. The molecule has 3 aromatic heterocycles. The highest BCUT2D eigenvalue weighted by Crippen LogP contribution is 2.39. The van der Waals surface area contributed by atoms with Crippen LogP contribution in [0.5, 0.6) is 11.5 Å². The lowest BCUT2D eigenvalue weighted by Crippen LogP contribution is -2.35. The highest BCUT2D eigenvalue weighted by Gasteiger charge is 2.38. The number of halogens is 4. The van der Waals surface area contributed by atoms with Crippen molar-refractivity contribution >= 4 is 27.2 Å². The zero-order chi connectivity index (χ0) is 25.7. The van der Waals surface area contributed by atoms with E-state index in [4.69, 9.17) is 14.6 Å². The van der Waals surface area contributed by atoms with Gasteiger partial charge in [0.1, 0.15) is 5.75 Å². The van der Waals surface area contributed by atoms with Crippen molar-refractivity contribution < 1.29 is 32.1 Å². The Kier molecular flexibility index (Phi) is 7.99. The smallest absolute Gasteiger partial charge is 0.433 e. The molecule has 0 amide bonds. The molecule has 4 rings (SSSR count). The first-order valence-electron chi connectivity index (χ1n) is 10.8. The number of nitrogens with one attached hydrogen (secondary N) is 2. The maximum atomic E-state index is 14.6. The van der Waals surface area contributed by atoms with Crippen LogP contribution in [0.2, 0.25) is 0 Å². The highest BCUT2D eigenvalue weighted by atomic mass is 32.1. The van der Waals surface area contributed by atoms with E-state index in [1.807, 2.05) is 18.2 Å². The minimum atomic E-state index is -4.89. The summed E-state index contributed by atoms with van der Waals surface area (Å²) in [5.41, 5.74) is 2.15. The number of hydrogen-bond donors (Lipinski definition) is 3. The summed E-state index contributed by atoms with van der Waals surface area (Å²) in [6, 6.07) is 10.5. The molecule has 0 saturated heterocycles. The van der Waals surface area contributed by atoms with Gasteiger partial charge in [0.15, 0.2) is 11.6 Å². The molecule has 190 valence electrons. The summed E-state index contributed by atoms with van der Waals surface area (Å²) in [5.74, 6) is -0.745. The van der Waals surface area contributed by atoms with Crippen molar-refractivity contribution in [2.45, 2.75) is 18.9 Å². The maximum Gasteiger partial charge on any atom is 0.433 e. The molecule has 0 spiro atoms. The second-order valence-corrected chi connectivity index (χ2v) is 8.74. The van der Waals surface area contributed by atoms with E-state index in [0.717, 1.165) is 28.7 Å². The van der Waals surface area contributed by atoms with Gasteiger partial charge in [-0.05, 0) is 29.8 Å². The molecule has 1 atom stereocenters. The number of benzene rings is 1. The molecule has 36 heavy (non-hydrogen) atoms. The largest absolute Gasteiger partial charge is 0.453 e. The molecule has 0 bridgehead atoms. The first kappa shape index (κ1) is 25.8. The second-order valence-electron chi connectivity index (χ2n) is 7.69. The summed E-state index contributed by atoms with van der Waals surface area (Å²) >= 11 is 1.37. The van der Waals surface area contributed by atoms with E-state index in [1.54, 1.807) is 24.7 Å². The summed E-state index contributed by atoms with van der Waals surface area (Å²) in [7, 11) is 1.65. The summed E-state index contributed by atoms with van der Waals surface area (Å²) in [4.78, 5) is 9.71. The predicted molar refractivity (Wildman–Crippen MR) is 129 cm³/mol. The third kappa shape index (κ3) is 6.26. The van der Waals surface area contributed by atoms with Crippen LogP contribution in [0.4, 0.5) is 23.2 Å². The van der Waals surface area contributed by atoms with Crippen molar-refractivity contribution in [3.63, 3.8) is 0 Å². The van der Waals surface area contributed by atoms with Gasteiger partial charge in [-0.2, -0.15) is 13.2 Å². The fourth-order valence-electron chi connectivity index (χ4n) is 3.23. The van der Waals surface area contributed by atoms with Gasteiger partial charge in [-0.1, -0.05) is 6.07 Å². The van der Waals surface area contributed by atoms with Crippen LogP contribution in [0.15, 0.2) is 54.9 Å². The number of pyridine rings is 2. The van der Waals surface area contributed by atoms with Crippen LogP contribution >= 0.6 is 11.3 Å². The lowest BCUT2D eigenvalue weighted by molar-refractivity contribution is -0.194. The van der Waals surface area contributed by atoms with Crippen molar-refractivity contribution in [2.24, 2.45) is 0 Å². The summed E-state index contributed by atoms with van der Waals surface area (Å²) < 4.78 is 63.5. The number of fused-ring (bicyclic) bond motifs is 1. The van der Waals surface area contributed by atoms with E-state index >= 15 is 0 Å². The lowest BCUT2D eigenvalue weighted by Gasteiger charge is -2.17. The number of aliphatic hydroxyl groups excluding tert-OH is 1. The molecule has 0 aliphatic heterocycles. The number of methoxy groups -OCH3 is 1. The van der Waals surface area contributed by atoms with Gasteiger partial charge in [-0.25, -0.2) is 4.39 Å². The minimum absolute atomic E-state index is 0.187. The number of aromatic nitrogens is 2. The number of hydrogen-bond acceptors (Lipinski definition) is 8. The number of rotatable bonds is 10. The van der Waals surface area contributed by atoms with Crippen molar-refractivity contribution in [1.82, 2.24) is 15.3 Å². The monoisotopic (exact) mass is 522 g/mol. The number of nitrogens with zero attached hydrogens (tertiary/aromatic N) is 2. The van der Waals surface area contributed by atoms with Crippen LogP contribution in [0, 0.1) is 5.82 Å². The third-order valence-electron chi connectivity index (χ3n) is 5.03. The second kappa shape index (κ2) is 11.2. The van der Waals surface area contributed by atoms with Crippen molar-refractivity contribution in [2.75, 3.05) is 25.6 Å². The first-order chi connectivity index (χ1) is 17.2. The van der Waals surface area contributed by atoms with E-state index in [1.165, 1.54) is 29.7 Å². The van der Waals surface area contributed by atoms with Crippen LogP contribution in [-0.2, 0) is 11.3 Å². The van der Waals surface area contributed by atoms with Crippen molar-refractivity contribution in [3.05, 3.63) is 66.2 Å². The molecule has 0 aliphatic rings. The highest BCUT2D eigenvalue weighted by molar-refractivity contribution is 7.22. The molecule has 7 nitrogen and oxygen atoms in total.